The van der Waals surface area contributed by atoms with E-state index in [4.69, 9.17) is 21.1 Å². The van der Waals surface area contributed by atoms with E-state index >= 15 is 0 Å². The molecule has 2 rings (SSSR count). The minimum atomic E-state index is -1.02. The average Bonchev–Trinajstić information content (AvgIpc) is 2.67. The Morgan fingerprint density at radius 1 is 1.15 bits per heavy atom. The Hall–Kier alpha value is -2.93. The molecule has 0 saturated heterocycles. The summed E-state index contributed by atoms with van der Waals surface area (Å²) in [5, 5.41) is 2.95. The van der Waals surface area contributed by atoms with Gasteiger partial charge in [0.1, 0.15) is 11.6 Å². The monoisotopic (exact) mass is 390 g/mol. The maximum absolute atomic E-state index is 12.0. The van der Waals surface area contributed by atoms with Gasteiger partial charge in [-0.2, -0.15) is 0 Å². The largest absolute Gasteiger partial charge is 0.482 e. The highest BCUT2D eigenvalue weighted by molar-refractivity contribution is 6.30. The molecule has 0 radical (unpaired) electrons. The molecule has 0 aliphatic carbocycles. The lowest BCUT2D eigenvalue weighted by molar-refractivity contribution is -0.155. The summed E-state index contributed by atoms with van der Waals surface area (Å²) in [6.45, 7) is 2.86. The van der Waals surface area contributed by atoms with Gasteiger partial charge in [-0.1, -0.05) is 18.5 Å². The lowest BCUT2D eigenvalue weighted by Crippen LogP contribution is -2.31. The molecule has 8 heteroatoms. The zero-order valence-corrected chi connectivity index (χ0v) is 15.7. The maximum Gasteiger partial charge on any atom is 0.344 e. The second kappa shape index (κ2) is 9.68. The van der Waals surface area contributed by atoms with Gasteiger partial charge in [0.05, 0.1) is 5.02 Å². The fraction of sp³-hybridized carbons (Fsp3) is 0.263. The van der Waals surface area contributed by atoms with Crippen molar-refractivity contribution in [3.8, 4) is 5.75 Å². The Morgan fingerprint density at radius 2 is 1.85 bits per heavy atom. The van der Waals surface area contributed by atoms with E-state index in [1.54, 1.807) is 37.3 Å². The highest BCUT2D eigenvalue weighted by atomic mass is 35.5. The van der Waals surface area contributed by atoms with Crippen LogP contribution in [0.25, 0.3) is 0 Å². The molecule has 0 fully saturated rings. The van der Waals surface area contributed by atoms with E-state index in [1.165, 1.54) is 19.2 Å². The third-order valence-electron chi connectivity index (χ3n) is 3.51. The number of hydrogen-bond donors (Lipinski definition) is 1. The topological polar surface area (TPSA) is 94.6 Å². The molecule has 0 aliphatic heterocycles. The van der Waals surface area contributed by atoms with Crippen molar-refractivity contribution in [2.24, 2.45) is 0 Å². The Bertz CT molecular complexity index is 806. The third kappa shape index (κ3) is 6.38. The fourth-order valence-electron chi connectivity index (χ4n) is 2.05. The van der Waals surface area contributed by atoms with Gasteiger partial charge in [0, 0.05) is 18.2 Å². The number of esters is 1. The van der Waals surface area contributed by atoms with Crippen LogP contribution >= 0.6 is 11.6 Å². The molecule has 0 spiro atoms. The van der Waals surface area contributed by atoms with Crippen molar-refractivity contribution in [3.63, 3.8) is 0 Å². The first-order chi connectivity index (χ1) is 12.9. The predicted molar refractivity (Wildman–Crippen MR) is 100.0 cm³/mol. The van der Waals surface area contributed by atoms with Crippen molar-refractivity contribution in [2.45, 2.75) is 26.4 Å². The number of pyridine rings is 1. The van der Waals surface area contributed by atoms with Crippen LogP contribution in [0, 0.1) is 0 Å². The fourth-order valence-corrected chi connectivity index (χ4v) is 2.16. The smallest absolute Gasteiger partial charge is 0.344 e. The van der Waals surface area contributed by atoms with Gasteiger partial charge in [-0.15, -0.1) is 0 Å². The van der Waals surface area contributed by atoms with Gasteiger partial charge in [0.25, 0.3) is 5.91 Å². The number of aromatic nitrogens is 1. The van der Waals surface area contributed by atoms with Crippen LogP contribution < -0.4 is 10.1 Å². The van der Waals surface area contributed by atoms with E-state index in [-0.39, 0.29) is 12.4 Å². The molecule has 1 aromatic carbocycles. The van der Waals surface area contributed by atoms with E-state index in [9.17, 15) is 14.4 Å². The highest BCUT2D eigenvalue weighted by Crippen LogP contribution is 2.14. The lowest BCUT2D eigenvalue weighted by atomic mass is 10.1. The summed E-state index contributed by atoms with van der Waals surface area (Å²) in [4.78, 5) is 39.3. The van der Waals surface area contributed by atoms with Crippen LogP contribution in [0.15, 0.2) is 42.6 Å². The Morgan fingerprint density at radius 3 is 2.44 bits per heavy atom. The summed E-state index contributed by atoms with van der Waals surface area (Å²) >= 11 is 5.72. The molecule has 1 amide bonds. The molecule has 1 heterocycles. The molecular weight excluding hydrogens is 372 g/mol. The standard InChI is InChI=1S/C19H19ClN2O5/c1-3-16(23)13-4-7-15(8-5-13)26-11-18(24)27-12(2)19(25)22-17-9-6-14(20)10-21-17/h4-10,12H,3,11H2,1-2H3,(H,21,22,25)/t12-/m1/s1. The number of ether oxygens (including phenoxy) is 2. The Labute approximate surface area is 161 Å². The first kappa shape index (κ1) is 20.4. The third-order valence-corrected chi connectivity index (χ3v) is 3.73. The summed E-state index contributed by atoms with van der Waals surface area (Å²) in [5.41, 5.74) is 0.577. The van der Waals surface area contributed by atoms with E-state index in [0.29, 0.717) is 28.6 Å². The van der Waals surface area contributed by atoms with Gasteiger partial charge < -0.3 is 14.8 Å². The molecule has 7 nitrogen and oxygen atoms in total. The molecule has 0 aliphatic rings. The number of benzene rings is 1. The number of carbonyl (C=O) groups excluding carboxylic acids is 3. The average molecular weight is 391 g/mol. The van der Waals surface area contributed by atoms with Gasteiger partial charge in [-0.05, 0) is 43.3 Å². The highest BCUT2D eigenvalue weighted by Gasteiger charge is 2.18. The summed E-state index contributed by atoms with van der Waals surface area (Å²) in [5.74, 6) is -0.487. The molecule has 1 N–H and O–H groups in total. The zero-order valence-electron chi connectivity index (χ0n) is 14.9. The molecule has 1 atom stereocenters. The van der Waals surface area contributed by atoms with Crippen LogP contribution in [0.3, 0.4) is 0 Å². The second-order valence-electron chi connectivity index (χ2n) is 5.57. The summed E-state index contributed by atoms with van der Waals surface area (Å²) in [7, 11) is 0. The van der Waals surface area contributed by atoms with Crippen LogP contribution in [0.2, 0.25) is 5.02 Å². The lowest BCUT2D eigenvalue weighted by Gasteiger charge is -2.13. The van der Waals surface area contributed by atoms with Crippen molar-refractivity contribution in [2.75, 3.05) is 11.9 Å². The first-order valence-corrected chi connectivity index (χ1v) is 8.64. The number of anilines is 1. The molecule has 27 heavy (non-hydrogen) atoms. The minimum absolute atomic E-state index is 0.0241. The van der Waals surface area contributed by atoms with Gasteiger partial charge in [0.15, 0.2) is 18.5 Å². The second-order valence-corrected chi connectivity index (χ2v) is 6.01. The van der Waals surface area contributed by atoms with E-state index in [1.807, 2.05) is 0 Å². The van der Waals surface area contributed by atoms with Gasteiger partial charge >= 0.3 is 5.97 Å². The van der Waals surface area contributed by atoms with Crippen molar-refractivity contribution in [1.29, 1.82) is 0 Å². The molecular formula is C19H19ClN2O5. The van der Waals surface area contributed by atoms with Crippen molar-refractivity contribution >= 4 is 35.1 Å². The normalized spacial score (nSPS) is 11.4. The first-order valence-electron chi connectivity index (χ1n) is 8.27. The van der Waals surface area contributed by atoms with E-state index < -0.39 is 18.0 Å². The number of nitrogens with one attached hydrogen (secondary N) is 1. The Balaban J connectivity index is 1.79. The summed E-state index contributed by atoms with van der Waals surface area (Å²) < 4.78 is 10.3. The number of ketones is 1. The number of carbonyl (C=O) groups is 3. The molecule has 0 bridgehead atoms. The quantitative estimate of drug-likeness (QED) is 0.549. The molecule has 2 aromatic rings. The van der Waals surface area contributed by atoms with E-state index in [2.05, 4.69) is 10.3 Å². The van der Waals surface area contributed by atoms with Crippen LogP contribution in [-0.2, 0) is 14.3 Å². The SMILES string of the molecule is CCC(=O)c1ccc(OCC(=O)O[C@H](C)C(=O)Nc2ccc(Cl)cn2)cc1. The number of nitrogens with zero attached hydrogens (tertiary/aromatic N) is 1. The Kier molecular flexibility index (Phi) is 7.31. The van der Waals surface area contributed by atoms with Gasteiger partial charge in [-0.3, -0.25) is 9.59 Å². The molecule has 1 aromatic heterocycles. The summed E-state index contributed by atoms with van der Waals surface area (Å²) in [6.07, 6.45) is 0.780. The minimum Gasteiger partial charge on any atom is -0.482 e. The number of halogens is 1. The zero-order chi connectivity index (χ0) is 19.8. The van der Waals surface area contributed by atoms with Crippen LogP contribution in [0.4, 0.5) is 5.82 Å². The summed E-state index contributed by atoms with van der Waals surface area (Å²) in [6, 6.07) is 9.55. The van der Waals surface area contributed by atoms with Crippen LogP contribution in [-0.4, -0.2) is 35.4 Å². The van der Waals surface area contributed by atoms with Gasteiger partial charge in [0.2, 0.25) is 0 Å². The van der Waals surface area contributed by atoms with Crippen molar-refractivity contribution < 1.29 is 23.9 Å². The van der Waals surface area contributed by atoms with Crippen LogP contribution in [0.5, 0.6) is 5.75 Å². The molecule has 0 unspecified atom stereocenters. The molecule has 142 valence electrons. The maximum atomic E-state index is 12.0. The van der Waals surface area contributed by atoms with E-state index in [0.717, 1.165) is 0 Å². The number of rotatable bonds is 8. The van der Waals surface area contributed by atoms with Crippen molar-refractivity contribution in [3.05, 3.63) is 53.2 Å². The van der Waals surface area contributed by atoms with Crippen LogP contribution in [0.1, 0.15) is 30.6 Å². The number of Topliss-reactive ketones (excluding diaryl/α,β-unsaturated/α-hetero) is 1. The number of amides is 1. The molecule has 0 saturated carbocycles. The number of hydrogen-bond acceptors (Lipinski definition) is 6. The predicted octanol–water partition coefficient (Wildman–Crippen LogP) is 3.28. The van der Waals surface area contributed by atoms with Gasteiger partial charge in [-0.25, -0.2) is 9.78 Å². The van der Waals surface area contributed by atoms with Crippen molar-refractivity contribution in [1.82, 2.24) is 4.98 Å².